The quantitative estimate of drug-likeness (QED) is 0.521. The second-order valence-corrected chi connectivity index (χ2v) is 5.96. The Balaban J connectivity index is 1.83. The number of carbonyl (C=O) groups excluding carboxylic acids is 1. The largest absolute Gasteiger partial charge is 0.423 e. The number of aryl methyl sites for hydroxylation is 2. The van der Waals surface area contributed by atoms with E-state index in [0.717, 1.165) is 5.56 Å². The third-order valence-electron chi connectivity index (χ3n) is 3.68. The summed E-state index contributed by atoms with van der Waals surface area (Å²) in [6, 6.07) is 17.0. The molecule has 0 aliphatic carbocycles. The standard InChI is InChI=1S/C19H17ClN2O2/c1-13-8-10-15(11-9-13)12-22-18(20)17(14(2)21-22)19(23)24-16-6-4-3-5-7-16/h3-11H,12H2,1-2H3. The zero-order valence-electron chi connectivity index (χ0n) is 13.5. The molecule has 0 amide bonds. The van der Waals surface area contributed by atoms with E-state index in [1.165, 1.54) is 5.56 Å². The van der Waals surface area contributed by atoms with Gasteiger partial charge in [-0.2, -0.15) is 5.10 Å². The highest BCUT2D eigenvalue weighted by molar-refractivity contribution is 6.32. The Morgan fingerprint density at radius 1 is 1.08 bits per heavy atom. The van der Waals surface area contributed by atoms with Gasteiger partial charge >= 0.3 is 5.97 Å². The molecule has 0 aliphatic heterocycles. The highest BCUT2D eigenvalue weighted by atomic mass is 35.5. The molecule has 0 N–H and O–H groups in total. The van der Waals surface area contributed by atoms with Gasteiger partial charge in [-0.25, -0.2) is 9.48 Å². The molecule has 0 bridgehead atoms. The van der Waals surface area contributed by atoms with Gasteiger partial charge in [0.15, 0.2) is 0 Å². The predicted octanol–water partition coefficient (Wildman–Crippen LogP) is 4.42. The summed E-state index contributed by atoms with van der Waals surface area (Å²) in [7, 11) is 0. The van der Waals surface area contributed by atoms with Crippen molar-refractivity contribution in [1.29, 1.82) is 0 Å². The first-order valence-electron chi connectivity index (χ1n) is 7.60. The highest BCUT2D eigenvalue weighted by Gasteiger charge is 2.22. The normalized spacial score (nSPS) is 10.6. The van der Waals surface area contributed by atoms with Crippen LogP contribution >= 0.6 is 11.6 Å². The van der Waals surface area contributed by atoms with E-state index in [9.17, 15) is 4.79 Å². The molecular formula is C19H17ClN2O2. The average molecular weight is 341 g/mol. The van der Waals surface area contributed by atoms with Gasteiger partial charge in [0.25, 0.3) is 0 Å². The monoisotopic (exact) mass is 340 g/mol. The van der Waals surface area contributed by atoms with E-state index in [0.29, 0.717) is 23.6 Å². The Hall–Kier alpha value is -2.59. The number of hydrogen-bond acceptors (Lipinski definition) is 3. The van der Waals surface area contributed by atoms with Crippen LogP contribution in [0.25, 0.3) is 0 Å². The van der Waals surface area contributed by atoms with Crippen molar-refractivity contribution in [3.8, 4) is 5.75 Å². The fraction of sp³-hybridized carbons (Fsp3) is 0.158. The van der Waals surface area contributed by atoms with E-state index >= 15 is 0 Å². The molecule has 1 aromatic heterocycles. The number of aromatic nitrogens is 2. The Morgan fingerprint density at radius 2 is 1.75 bits per heavy atom. The Kier molecular flexibility index (Phi) is 4.67. The van der Waals surface area contributed by atoms with E-state index in [2.05, 4.69) is 5.10 Å². The molecule has 5 heteroatoms. The molecule has 0 unspecified atom stereocenters. The lowest BCUT2D eigenvalue weighted by molar-refractivity contribution is 0.0734. The summed E-state index contributed by atoms with van der Waals surface area (Å²) >= 11 is 6.37. The minimum absolute atomic E-state index is 0.286. The number of benzene rings is 2. The van der Waals surface area contributed by atoms with Gasteiger partial charge < -0.3 is 4.74 Å². The molecule has 3 rings (SSSR count). The van der Waals surface area contributed by atoms with Crippen molar-refractivity contribution >= 4 is 17.6 Å². The van der Waals surface area contributed by atoms with Crippen LogP contribution in [0.5, 0.6) is 5.75 Å². The molecule has 0 spiro atoms. The smallest absolute Gasteiger partial charge is 0.348 e. The maximum absolute atomic E-state index is 12.4. The molecule has 122 valence electrons. The number of para-hydroxylation sites is 1. The fourth-order valence-corrected chi connectivity index (χ4v) is 2.71. The summed E-state index contributed by atoms with van der Waals surface area (Å²) in [6.07, 6.45) is 0. The molecule has 0 radical (unpaired) electrons. The molecule has 24 heavy (non-hydrogen) atoms. The van der Waals surface area contributed by atoms with Gasteiger partial charge in [-0.05, 0) is 31.5 Å². The van der Waals surface area contributed by atoms with Gasteiger partial charge in [-0.1, -0.05) is 59.6 Å². The van der Waals surface area contributed by atoms with E-state index < -0.39 is 5.97 Å². The van der Waals surface area contributed by atoms with E-state index in [1.807, 2.05) is 37.3 Å². The molecule has 0 fully saturated rings. The molecule has 0 aliphatic rings. The number of hydrogen-bond donors (Lipinski definition) is 0. The average Bonchev–Trinajstić information content (AvgIpc) is 2.84. The zero-order valence-corrected chi connectivity index (χ0v) is 14.2. The van der Waals surface area contributed by atoms with Gasteiger partial charge in [0.2, 0.25) is 0 Å². The number of nitrogens with zero attached hydrogens (tertiary/aromatic N) is 2. The Bertz CT molecular complexity index is 855. The number of halogens is 1. The number of ether oxygens (including phenoxy) is 1. The van der Waals surface area contributed by atoms with Crippen LogP contribution in [0.1, 0.15) is 27.2 Å². The lowest BCUT2D eigenvalue weighted by atomic mass is 10.1. The lowest BCUT2D eigenvalue weighted by Crippen LogP contribution is -2.10. The second-order valence-electron chi connectivity index (χ2n) is 5.60. The molecule has 0 saturated carbocycles. The van der Waals surface area contributed by atoms with Crippen molar-refractivity contribution in [3.05, 3.63) is 82.1 Å². The van der Waals surface area contributed by atoms with Crippen molar-refractivity contribution in [2.75, 3.05) is 0 Å². The van der Waals surface area contributed by atoms with E-state index in [-0.39, 0.29) is 5.15 Å². The van der Waals surface area contributed by atoms with Crippen LogP contribution in [0.3, 0.4) is 0 Å². The summed E-state index contributed by atoms with van der Waals surface area (Å²) in [5, 5.41) is 4.66. The maximum atomic E-state index is 12.4. The topological polar surface area (TPSA) is 44.1 Å². The molecule has 0 atom stereocenters. The minimum Gasteiger partial charge on any atom is -0.423 e. The first-order valence-corrected chi connectivity index (χ1v) is 7.98. The van der Waals surface area contributed by atoms with Crippen LogP contribution in [0, 0.1) is 13.8 Å². The van der Waals surface area contributed by atoms with Crippen LogP contribution < -0.4 is 4.74 Å². The molecule has 1 heterocycles. The molecular weight excluding hydrogens is 324 g/mol. The van der Waals surface area contributed by atoms with Crippen molar-refractivity contribution in [2.45, 2.75) is 20.4 Å². The molecule has 4 nitrogen and oxygen atoms in total. The number of esters is 1. The first-order chi connectivity index (χ1) is 11.5. The van der Waals surface area contributed by atoms with Gasteiger partial charge in [-0.15, -0.1) is 0 Å². The van der Waals surface area contributed by atoms with Crippen LogP contribution in [0.15, 0.2) is 54.6 Å². The fourth-order valence-electron chi connectivity index (χ4n) is 2.40. The van der Waals surface area contributed by atoms with Crippen LogP contribution in [0.4, 0.5) is 0 Å². The van der Waals surface area contributed by atoms with Gasteiger partial charge in [0.05, 0.1) is 12.2 Å². The zero-order chi connectivity index (χ0) is 17.1. The summed E-state index contributed by atoms with van der Waals surface area (Å²) in [5.74, 6) is -0.0249. The minimum atomic E-state index is -0.501. The van der Waals surface area contributed by atoms with Gasteiger partial charge in [0, 0.05) is 0 Å². The lowest BCUT2D eigenvalue weighted by Gasteiger charge is -2.05. The second kappa shape index (κ2) is 6.89. The summed E-state index contributed by atoms with van der Waals surface area (Å²) in [4.78, 5) is 12.4. The van der Waals surface area contributed by atoms with Crippen molar-refractivity contribution in [2.24, 2.45) is 0 Å². The maximum Gasteiger partial charge on any atom is 0.348 e. The number of rotatable bonds is 4. The van der Waals surface area contributed by atoms with Crippen molar-refractivity contribution in [3.63, 3.8) is 0 Å². The van der Waals surface area contributed by atoms with Crippen LogP contribution in [0.2, 0.25) is 5.15 Å². The third kappa shape index (κ3) is 3.49. The highest BCUT2D eigenvalue weighted by Crippen LogP contribution is 2.23. The van der Waals surface area contributed by atoms with E-state index in [4.69, 9.17) is 16.3 Å². The van der Waals surface area contributed by atoms with E-state index in [1.54, 1.807) is 35.9 Å². The summed E-state index contributed by atoms with van der Waals surface area (Å²) in [5.41, 5.74) is 3.10. The number of carbonyl (C=O) groups is 1. The van der Waals surface area contributed by atoms with Crippen molar-refractivity contribution < 1.29 is 9.53 Å². The SMILES string of the molecule is Cc1ccc(Cn2nc(C)c(C(=O)Oc3ccccc3)c2Cl)cc1. The summed E-state index contributed by atoms with van der Waals surface area (Å²) in [6.45, 7) is 4.28. The predicted molar refractivity (Wildman–Crippen MR) is 93.7 cm³/mol. The third-order valence-corrected chi connectivity index (χ3v) is 4.06. The van der Waals surface area contributed by atoms with Gasteiger partial charge in [0.1, 0.15) is 16.5 Å². The summed E-state index contributed by atoms with van der Waals surface area (Å²) < 4.78 is 6.98. The molecule has 2 aromatic carbocycles. The van der Waals surface area contributed by atoms with Gasteiger partial charge in [-0.3, -0.25) is 0 Å². The van der Waals surface area contributed by atoms with Crippen LogP contribution in [-0.2, 0) is 6.54 Å². The molecule has 0 saturated heterocycles. The first kappa shape index (κ1) is 16.3. The Labute approximate surface area is 145 Å². The molecule has 3 aromatic rings. The van der Waals surface area contributed by atoms with Crippen molar-refractivity contribution in [1.82, 2.24) is 9.78 Å². The van der Waals surface area contributed by atoms with Crippen LogP contribution in [-0.4, -0.2) is 15.7 Å². The Morgan fingerprint density at radius 3 is 2.42 bits per heavy atom.